The van der Waals surface area contributed by atoms with Gasteiger partial charge in [-0.15, -0.1) is 0 Å². The van der Waals surface area contributed by atoms with Crippen molar-refractivity contribution in [1.82, 2.24) is 9.78 Å². The van der Waals surface area contributed by atoms with Crippen molar-refractivity contribution >= 4 is 5.97 Å². The van der Waals surface area contributed by atoms with Crippen molar-refractivity contribution in [2.75, 3.05) is 0 Å². The summed E-state index contributed by atoms with van der Waals surface area (Å²) in [7, 11) is 0. The number of nitrogens with zero attached hydrogens (tertiary/aromatic N) is 2. The molecule has 1 heterocycles. The fourth-order valence-electron chi connectivity index (χ4n) is 1.51. The number of hydrogen-bond acceptors (Lipinski definition) is 2. The van der Waals surface area contributed by atoms with Gasteiger partial charge < -0.3 is 5.11 Å². The summed E-state index contributed by atoms with van der Waals surface area (Å²) in [5.74, 6) is -0.789. The zero-order valence-electron chi connectivity index (χ0n) is 9.03. The van der Waals surface area contributed by atoms with Gasteiger partial charge in [-0.25, -0.2) is 0 Å². The van der Waals surface area contributed by atoms with Gasteiger partial charge in [-0.05, 0) is 33.3 Å². The fourth-order valence-corrected chi connectivity index (χ4v) is 1.51. The molecule has 1 aromatic heterocycles. The average Bonchev–Trinajstić information content (AvgIpc) is 2.32. The van der Waals surface area contributed by atoms with Crippen LogP contribution in [0.5, 0.6) is 0 Å². The normalized spacial score (nSPS) is 12.9. The van der Waals surface area contributed by atoms with E-state index in [1.807, 2.05) is 27.7 Å². The molecule has 14 heavy (non-hydrogen) atoms. The van der Waals surface area contributed by atoms with Gasteiger partial charge in [-0.1, -0.05) is 0 Å². The van der Waals surface area contributed by atoms with E-state index >= 15 is 0 Å². The number of carboxylic acid groups (broad SMARTS) is 1. The molecule has 1 N–H and O–H groups in total. The van der Waals surface area contributed by atoms with Crippen molar-refractivity contribution in [2.24, 2.45) is 0 Å². The van der Waals surface area contributed by atoms with Crippen LogP contribution in [0.2, 0.25) is 0 Å². The summed E-state index contributed by atoms with van der Waals surface area (Å²) >= 11 is 0. The number of aliphatic carboxylic acids is 1. The smallest absolute Gasteiger partial charge is 0.305 e. The second-order valence-electron chi connectivity index (χ2n) is 3.69. The summed E-state index contributed by atoms with van der Waals surface area (Å²) in [6.45, 7) is 7.77. The Hall–Kier alpha value is -1.32. The lowest BCUT2D eigenvalue weighted by Crippen LogP contribution is -2.13. The Kier molecular flexibility index (Phi) is 2.93. The molecule has 4 heteroatoms. The molecule has 0 aliphatic heterocycles. The molecule has 0 aliphatic carbocycles. The first kappa shape index (κ1) is 10.8. The van der Waals surface area contributed by atoms with E-state index in [-0.39, 0.29) is 12.5 Å². The molecule has 0 unspecified atom stereocenters. The van der Waals surface area contributed by atoms with E-state index < -0.39 is 5.97 Å². The quantitative estimate of drug-likeness (QED) is 0.802. The molecule has 1 atom stereocenters. The zero-order chi connectivity index (χ0) is 10.9. The first-order chi connectivity index (χ1) is 6.43. The van der Waals surface area contributed by atoms with Crippen LogP contribution in [0, 0.1) is 20.8 Å². The Morgan fingerprint density at radius 2 is 2.07 bits per heavy atom. The molecule has 4 nitrogen and oxygen atoms in total. The van der Waals surface area contributed by atoms with E-state index in [2.05, 4.69) is 5.10 Å². The first-order valence-electron chi connectivity index (χ1n) is 4.67. The summed E-state index contributed by atoms with van der Waals surface area (Å²) in [6, 6.07) is -0.0834. The Balaban J connectivity index is 2.95. The van der Waals surface area contributed by atoms with Crippen molar-refractivity contribution in [3.63, 3.8) is 0 Å². The van der Waals surface area contributed by atoms with Gasteiger partial charge in [0.1, 0.15) is 0 Å². The minimum atomic E-state index is -0.789. The molecule has 0 spiro atoms. The van der Waals surface area contributed by atoms with Gasteiger partial charge in [0.15, 0.2) is 0 Å². The number of carboxylic acids is 1. The standard InChI is InChI=1S/C10H16N2O2/c1-6(5-10(13)14)12-9(4)7(2)8(3)11-12/h6H,5H2,1-4H3,(H,13,14)/t6-/m1/s1. The maximum atomic E-state index is 10.5. The van der Waals surface area contributed by atoms with Crippen LogP contribution in [0.3, 0.4) is 0 Å². The number of rotatable bonds is 3. The van der Waals surface area contributed by atoms with E-state index in [0.29, 0.717) is 0 Å². The predicted octanol–water partition coefficient (Wildman–Crippen LogP) is 1.84. The highest BCUT2D eigenvalue weighted by molar-refractivity contribution is 5.67. The predicted molar refractivity (Wildman–Crippen MR) is 53.4 cm³/mol. The van der Waals surface area contributed by atoms with Crippen molar-refractivity contribution in [3.8, 4) is 0 Å². The molecule has 0 radical (unpaired) electrons. The maximum absolute atomic E-state index is 10.5. The molecule has 0 aromatic carbocycles. The van der Waals surface area contributed by atoms with Gasteiger partial charge in [0.05, 0.1) is 18.2 Å². The average molecular weight is 196 g/mol. The van der Waals surface area contributed by atoms with Crippen molar-refractivity contribution < 1.29 is 9.90 Å². The van der Waals surface area contributed by atoms with Gasteiger partial charge in [0, 0.05) is 5.69 Å². The Morgan fingerprint density at radius 3 is 2.43 bits per heavy atom. The van der Waals surface area contributed by atoms with Gasteiger partial charge in [-0.3, -0.25) is 9.48 Å². The molecule has 0 bridgehead atoms. The summed E-state index contributed by atoms with van der Waals surface area (Å²) in [6.07, 6.45) is 0.113. The highest BCUT2D eigenvalue weighted by Gasteiger charge is 2.15. The van der Waals surface area contributed by atoms with E-state index in [0.717, 1.165) is 17.0 Å². The second kappa shape index (κ2) is 3.82. The van der Waals surface area contributed by atoms with Crippen molar-refractivity contribution in [2.45, 2.75) is 40.2 Å². The summed E-state index contributed by atoms with van der Waals surface area (Å²) in [4.78, 5) is 10.5. The number of hydrogen-bond donors (Lipinski definition) is 1. The lowest BCUT2D eigenvalue weighted by atomic mass is 10.2. The minimum absolute atomic E-state index is 0.0834. The molecule has 1 aromatic rings. The molecule has 0 saturated heterocycles. The zero-order valence-corrected chi connectivity index (χ0v) is 9.03. The van der Waals surface area contributed by atoms with Crippen LogP contribution in [-0.2, 0) is 4.79 Å². The Bertz CT molecular complexity index is 355. The van der Waals surface area contributed by atoms with Crippen LogP contribution in [0.25, 0.3) is 0 Å². The molecule has 0 fully saturated rings. The summed E-state index contributed by atoms with van der Waals surface area (Å²) in [5.41, 5.74) is 3.17. The van der Waals surface area contributed by atoms with Crippen LogP contribution in [0.15, 0.2) is 0 Å². The lowest BCUT2D eigenvalue weighted by Gasteiger charge is -2.11. The van der Waals surface area contributed by atoms with Crippen LogP contribution in [0.1, 0.15) is 36.3 Å². The van der Waals surface area contributed by atoms with E-state index in [1.165, 1.54) is 0 Å². The summed E-state index contributed by atoms with van der Waals surface area (Å²) in [5, 5.41) is 13.0. The molecular weight excluding hydrogens is 180 g/mol. The van der Waals surface area contributed by atoms with Crippen molar-refractivity contribution in [1.29, 1.82) is 0 Å². The van der Waals surface area contributed by atoms with Gasteiger partial charge in [-0.2, -0.15) is 5.10 Å². The molecule has 0 saturated carbocycles. The van der Waals surface area contributed by atoms with Gasteiger partial charge in [0.2, 0.25) is 0 Å². The number of aryl methyl sites for hydroxylation is 1. The number of carbonyl (C=O) groups is 1. The van der Waals surface area contributed by atoms with Gasteiger partial charge in [0.25, 0.3) is 0 Å². The summed E-state index contributed by atoms with van der Waals surface area (Å²) < 4.78 is 1.79. The Morgan fingerprint density at radius 1 is 1.50 bits per heavy atom. The first-order valence-corrected chi connectivity index (χ1v) is 4.67. The minimum Gasteiger partial charge on any atom is -0.481 e. The molecule has 1 rings (SSSR count). The maximum Gasteiger partial charge on any atom is 0.305 e. The van der Waals surface area contributed by atoms with Gasteiger partial charge >= 0.3 is 5.97 Å². The highest BCUT2D eigenvalue weighted by atomic mass is 16.4. The fraction of sp³-hybridized carbons (Fsp3) is 0.600. The van der Waals surface area contributed by atoms with Crippen LogP contribution in [0.4, 0.5) is 0 Å². The largest absolute Gasteiger partial charge is 0.481 e. The topological polar surface area (TPSA) is 55.1 Å². The van der Waals surface area contributed by atoms with E-state index in [4.69, 9.17) is 5.11 Å². The molecule has 78 valence electrons. The third-order valence-corrected chi connectivity index (χ3v) is 2.57. The second-order valence-corrected chi connectivity index (χ2v) is 3.69. The van der Waals surface area contributed by atoms with Crippen LogP contribution >= 0.6 is 0 Å². The highest BCUT2D eigenvalue weighted by Crippen LogP contribution is 2.18. The van der Waals surface area contributed by atoms with Crippen LogP contribution in [-0.4, -0.2) is 20.9 Å². The molecule has 0 amide bonds. The van der Waals surface area contributed by atoms with Crippen LogP contribution < -0.4 is 0 Å². The molecule has 0 aliphatic rings. The number of aromatic nitrogens is 2. The lowest BCUT2D eigenvalue weighted by molar-refractivity contribution is -0.137. The third-order valence-electron chi connectivity index (χ3n) is 2.57. The van der Waals surface area contributed by atoms with E-state index in [9.17, 15) is 4.79 Å². The Labute approximate surface area is 83.5 Å². The van der Waals surface area contributed by atoms with Crippen molar-refractivity contribution in [3.05, 3.63) is 17.0 Å². The molecular formula is C10H16N2O2. The van der Waals surface area contributed by atoms with E-state index in [1.54, 1.807) is 4.68 Å². The SMILES string of the molecule is Cc1nn([C@H](C)CC(=O)O)c(C)c1C. The monoisotopic (exact) mass is 196 g/mol. The third kappa shape index (κ3) is 1.95.